The van der Waals surface area contributed by atoms with Crippen LogP contribution in [0.4, 0.5) is 0 Å². The van der Waals surface area contributed by atoms with Crippen LogP contribution in [0.2, 0.25) is 0 Å². The minimum absolute atomic E-state index is 0.191. The first-order valence-corrected chi connectivity index (χ1v) is 11.9. The molecule has 2 aromatic carbocycles. The molecule has 1 aliphatic rings. The highest BCUT2D eigenvalue weighted by Gasteiger charge is 2.28. The Balaban J connectivity index is 1.41. The summed E-state index contributed by atoms with van der Waals surface area (Å²) < 4.78 is 11.7. The molecule has 0 bridgehead atoms. The number of aromatic nitrogens is 2. The number of ether oxygens (including phenoxy) is 2. The van der Waals surface area contributed by atoms with Gasteiger partial charge in [-0.15, -0.1) is 0 Å². The summed E-state index contributed by atoms with van der Waals surface area (Å²) in [4.78, 5) is 38.1. The van der Waals surface area contributed by atoms with Gasteiger partial charge in [-0.1, -0.05) is 48.0 Å². The second kappa shape index (κ2) is 11.5. The summed E-state index contributed by atoms with van der Waals surface area (Å²) in [6, 6.07) is 17.7. The van der Waals surface area contributed by atoms with Gasteiger partial charge in [-0.25, -0.2) is 9.48 Å². The monoisotopic (exact) mass is 487 g/mol. The topological polar surface area (TPSA) is 90.7 Å². The van der Waals surface area contributed by atoms with Gasteiger partial charge in [0.25, 0.3) is 5.91 Å². The van der Waals surface area contributed by atoms with E-state index in [1.165, 1.54) is 13.2 Å². The van der Waals surface area contributed by atoms with Crippen LogP contribution in [0, 0.1) is 12.8 Å². The number of carbonyl (C=O) groups excluding carboxylic acids is 3. The summed E-state index contributed by atoms with van der Waals surface area (Å²) in [5, 5.41) is 4.74. The zero-order valence-corrected chi connectivity index (χ0v) is 20.4. The van der Waals surface area contributed by atoms with E-state index in [4.69, 9.17) is 14.6 Å². The predicted molar refractivity (Wildman–Crippen MR) is 135 cm³/mol. The number of rotatable bonds is 7. The number of benzene rings is 2. The number of amides is 1. The van der Waals surface area contributed by atoms with Crippen LogP contribution in [-0.2, 0) is 23.9 Å². The van der Waals surface area contributed by atoms with E-state index < -0.39 is 5.97 Å². The molecule has 1 aromatic heterocycles. The van der Waals surface area contributed by atoms with E-state index in [0.717, 1.165) is 28.1 Å². The number of nitrogens with zero attached hydrogens (tertiary/aromatic N) is 3. The van der Waals surface area contributed by atoms with Crippen molar-refractivity contribution in [3.63, 3.8) is 0 Å². The number of aryl methyl sites for hydroxylation is 1. The van der Waals surface area contributed by atoms with Crippen LogP contribution in [-0.4, -0.2) is 59.3 Å². The number of para-hydroxylation sites is 1. The van der Waals surface area contributed by atoms with E-state index in [9.17, 15) is 14.4 Å². The molecule has 1 saturated heterocycles. The molecule has 0 unspecified atom stereocenters. The van der Waals surface area contributed by atoms with Crippen molar-refractivity contribution in [3.05, 3.63) is 78.0 Å². The third-order valence-electron chi connectivity index (χ3n) is 6.21. The van der Waals surface area contributed by atoms with Gasteiger partial charge in [0, 0.05) is 36.5 Å². The van der Waals surface area contributed by atoms with Crippen LogP contribution in [0.3, 0.4) is 0 Å². The maximum atomic E-state index is 12.4. The normalized spacial score (nSPS) is 14.1. The smallest absolute Gasteiger partial charge is 0.331 e. The first-order chi connectivity index (χ1) is 17.4. The van der Waals surface area contributed by atoms with E-state index in [0.29, 0.717) is 25.9 Å². The van der Waals surface area contributed by atoms with Crippen molar-refractivity contribution in [3.8, 4) is 16.9 Å². The second-order valence-corrected chi connectivity index (χ2v) is 8.70. The van der Waals surface area contributed by atoms with Gasteiger partial charge < -0.3 is 14.4 Å². The molecule has 186 valence electrons. The maximum absolute atomic E-state index is 12.4. The Kier molecular flexibility index (Phi) is 7.95. The van der Waals surface area contributed by atoms with Crippen LogP contribution in [0.15, 0.2) is 66.9 Å². The number of carbonyl (C=O) groups is 3. The number of esters is 2. The first kappa shape index (κ1) is 24.9. The van der Waals surface area contributed by atoms with Gasteiger partial charge in [0.2, 0.25) is 0 Å². The Morgan fingerprint density at radius 2 is 1.72 bits per heavy atom. The third kappa shape index (κ3) is 6.07. The van der Waals surface area contributed by atoms with Crippen molar-refractivity contribution in [2.75, 3.05) is 26.8 Å². The van der Waals surface area contributed by atoms with Crippen molar-refractivity contribution < 1.29 is 23.9 Å². The van der Waals surface area contributed by atoms with E-state index in [1.54, 1.807) is 15.7 Å². The van der Waals surface area contributed by atoms with Gasteiger partial charge in [0.15, 0.2) is 6.61 Å². The molecule has 8 nitrogen and oxygen atoms in total. The lowest BCUT2D eigenvalue weighted by molar-refractivity contribution is -0.151. The number of piperidine rings is 1. The number of hydrogen-bond acceptors (Lipinski definition) is 6. The molecule has 0 radical (unpaired) electrons. The van der Waals surface area contributed by atoms with E-state index >= 15 is 0 Å². The molecule has 1 aliphatic heterocycles. The van der Waals surface area contributed by atoms with Gasteiger partial charge in [-0.2, -0.15) is 5.10 Å². The van der Waals surface area contributed by atoms with Crippen molar-refractivity contribution in [1.82, 2.24) is 14.7 Å². The fourth-order valence-electron chi connectivity index (χ4n) is 4.12. The molecule has 0 aliphatic carbocycles. The lowest BCUT2D eigenvalue weighted by Crippen LogP contribution is -2.42. The summed E-state index contributed by atoms with van der Waals surface area (Å²) in [5.41, 5.74) is 4.44. The molecule has 36 heavy (non-hydrogen) atoms. The molecule has 0 spiro atoms. The van der Waals surface area contributed by atoms with Gasteiger partial charge >= 0.3 is 11.9 Å². The van der Waals surface area contributed by atoms with Gasteiger partial charge in [-0.3, -0.25) is 9.59 Å². The largest absolute Gasteiger partial charge is 0.469 e. The molecule has 4 rings (SSSR count). The van der Waals surface area contributed by atoms with Crippen LogP contribution >= 0.6 is 0 Å². The summed E-state index contributed by atoms with van der Waals surface area (Å²) in [7, 11) is 1.36. The molecular weight excluding hydrogens is 458 g/mol. The Morgan fingerprint density at radius 3 is 2.39 bits per heavy atom. The Labute approximate surface area is 210 Å². The molecule has 8 heteroatoms. The zero-order valence-electron chi connectivity index (χ0n) is 20.4. The zero-order chi connectivity index (χ0) is 25.5. The molecule has 0 N–H and O–H groups in total. The highest BCUT2D eigenvalue weighted by Crippen LogP contribution is 2.25. The molecule has 1 amide bonds. The van der Waals surface area contributed by atoms with Gasteiger partial charge in [-0.05, 0) is 38.0 Å². The minimum atomic E-state index is -0.616. The fourth-order valence-corrected chi connectivity index (χ4v) is 4.12. The molecule has 3 aromatic rings. The highest BCUT2D eigenvalue weighted by atomic mass is 16.5. The fraction of sp³-hybridized carbons (Fsp3) is 0.286. The Hall–Kier alpha value is -4.20. The quantitative estimate of drug-likeness (QED) is 0.372. The van der Waals surface area contributed by atoms with Crippen molar-refractivity contribution in [2.24, 2.45) is 5.92 Å². The summed E-state index contributed by atoms with van der Waals surface area (Å²) in [6.07, 6.45) is 5.89. The van der Waals surface area contributed by atoms with Crippen LogP contribution in [0.1, 0.15) is 24.0 Å². The van der Waals surface area contributed by atoms with Crippen LogP contribution in [0.25, 0.3) is 23.0 Å². The maximum Gasteiger partial charge on any atom is 0.331 e. The summed E-state index contributed by atoms with van der Waals surface area (Å²) in [5.74, 6) is -1.34. The highest BCUT2D eigenvalue weighted by molar-refractivity contribution is 5.90. The third-order valence-corrected chi connectivity index (χ3v) is 6.21. The average molecular weight is 488 g/mol. The SMILES string of the molecule is COC(=O)C1CCN(C(=O)COC(=O)/C=C/c2cn(-c3ccccc3)nc2-c2ccc(C)cc2)CC1. The van der Waals surface area contributed by atoms with Crippen LogP contribution < -0.4 is 0 Å². The van der Waals surface area contributed by atoms with Gasteiger partial charge in [0.1, 0.15) is 0 Å². The molecule has 0 atom stereocenters. The standard InChI is InChI=1S/C28H29N3O5/c1-20-8-10-21(11-9-20)27-23(18-31(29-27)24-6-4-3-5-7-24)12-13-26(33)36-19-25(32)30-16-14-22(15-17-30)28(34)35-2/h3-13,18,22H,14-17,19H2,1-2H3/b13-12+. The molecule has 2 heterocycles. The van der Waals surface area contributed by atoms with Crippen molar-refractivity contribution in [1.29, 1.82) is 0 Å². The van der Waals surface area contributed by atoms with E-state index in [1.807, 2.05) is 67.7 Å². The molecular formula is C28H29N3O5. The summed E-state index contributed by atoms with van der Waals surface area (Å²) in [6.45, 7) is 2.54. The Morgan fingerprint density at radius 1 is 1.03 bits per heavy atom. The van der Waals surface area contributed by atoms with Crippen molar-refractivity contribution in [2.45, 2.75) is 19.8 Å². The lowest BCUT2D eigenvalue weighted by Gasteiger charge is -2.30. The van der Waals surface area contributed by atoms with E-state index in [-0.39, 0.29) is 24.4 Å². The molecule has 0 saturated carbocycles. The van der Waals surface area contributed by atoms with Crippen LogP contribution in [0.5, 0.6) is 0 Å². The minimum Gasteiger partial charge on any atom is -0.469 e. The predicted octanol–water partition coefficient (Wildman–Crippen LogP) is 3.82. The number of likely N-dealkylation sites (tertiary alicyclic amines) is 1. The van der Waals surface area contributed by atoms with Crippen molar-refractivity contribution >= 4 is 23.9 Å². The lowest BCUT2D eigenvalue weighted by atomic mass is 9.97. The van der Waals surface area contributed by atoms with E-state index in [2.05, 4.69) is 0 Å². The second-order valence-electron chi connectivity index (χ2n) is 8.70. The molecule has 1 fully saturated rings. The first-order valence-electron chi connectivity index (χ1n) is 11.9. The number of hydrogen-bond donors (Lipinski definition) is 0. The van der Waals surface area contributed by atoms with Gasteiger partial charge in [0.05, 0.1) is 24.4 Å². The average Bonchev–Trinajstić information content (AvgIpc) is 3.35. The number of methoxy groups -OCH3 is 1. The summed E-state index contributed by atoms with van der Waals surface area (Å²) >= 11 is 0. The Bertz CT molecular complexity index is 1240.